The summed E-state index contributed by atoms with van der Waals surface area (Å²) in [5.41, 5.74) is 0. The van der Waals surface area contributed by atoms with E-state index in [-0.39, 0.29) is 67.5 Å². The molecule has 0 aliphatic carbocycles. The summed E-state index contributed by atoms with van der Waals surface area (Å²) in [6.45, 7) is -0.861. The van der Waals surface area contributed by atoms with Crippen molar-refractivity contribution in [1.29, 1.82) is 0 Å². The Balaban J connectivity index is 0.00000324. The minimum absolute atomic E-state index is 0. The average molecular weight is 300 g/mol. The van der Waals surface area contributed by atoms with Crippen molar-refractivity contribution >= 4 is 10.1 Å². The molecule has 0 aliphatic rings. The molecule has 1 aromatic carbocycles. The first kappa shape index (κ1) is 18.7. The maximum absolute atomic E-state index is 11.0. The Bertz CT molecular complexity index is 489. The third kappa shape index (κ3) is 5.65. The maximum atomic E-state index is 11.0. The number of ether oxygens (including phenoxy) is 2. The Morgan fingerprint density at radius 1 is 1.11 bits per heavy atom. The summed E-state index contributed by atoms with van der Waals surface area (Å²) in [6, 6.07) is 3.81. The van der Waals surface area contributed by atoms with Crippen LogP contribution in [0.4, 0.5) is 0 Å². The van der Waals surface area contributed by atoms with Crippen molar-refractivity contribution < 1.29 is 62.2 Å². The van der Waals surface area contributed by atoms with E-state index in [1.807, 2.05) is 0 Å². The molecule has 2 N–H and O–H groups in total. The molecule has 0 fully saturated rings. The molecule has 0 heterocycles. The van der Waals surface area contributed by atoms with Gasteiger partial charge in [0.2, 0.25) is 0 Å². The molecule has 0 atom stereocenters. The van der Waals surface area contributed by atoms with Crippen molar-refractivity contribution in [3.05, 3.63) is 18.2 Å². The SMILES string of the molecule is O=S(=O)([O-])c1cccc(OCCO)c1OCCO.[Na+]. The van der Waals surface area contributed by atoms with E-state index >= 15 is 0 Å². The van der Waals surface area contributed by atoms with Crippen LogP contribution in [0.25, 0.3) is 0 Å². The van der Waals surface area contributed by atoms with E-state index in [2.05, 4.69) is 0 Å². The molecule has 0 saturated heterocycles. The summed E-state index contributed by atoms with van der Waals surface area (Å²) < 4.78 is 43.2. The first-order valence-electron chi connectivity index (χ1n) is 5.07. The second kappa shape index (κ2) is 8.75. The van der Waals surface area contributed by atoms with Crippen molar-refractivity contribution in [2.75, 3.05) is 26.4 Å². The molecule has 102 valence electrons. The zero-order valence-corrected chi connectivity index (χ0v) is 13.2. The Morgan fingerprint density at radius 2 is 1.68 bits per heavy atom. The van der Waals surface area contributed by atoms with E-state index in [4.69, 9.17) is 19.7 Å². The average Bonchev–Trinajstić information content (AvgIpc) is 2.32. The topological polar surface area (TPSA) is 116 Å². The summed E-state index contributed by atoms with van der Waals surface area (Å²) in [7, 11) is -4.71. The molecule has 1 rings (SSSR count). The van der Waals surface area contributed by atoms with Crippen LogP contribution in [0.2, 0.25) is 0 Å². The number of aliphatic hydroxyl groups excluding tert-OH is 2. The van der Waals surface area contributed by atoms with E-state index in [1.165, 1.54) is 12.1 Å². The Morgan fingerprint density at radius 3 is 2.21 bits per heavy atom. The summed E-state index contributed by atoms with van der Waals surface area (Å²) in [5.74, 6) is -0.232. The van der Waals surface area contributed by atoms with Crippen molar-refractivity contribution in [2.45, 2.75) is 4.90 Å². The normalized spacial score (nSPS) is 10.7. The second-order valence-electron chi connectivity index (χ2n) is 3.18. The van der Waals surface area contributed by atoms with Crippen LogP contribution < -0.4 is 39.0 Å². The first-order chi connectivity index (χ1) is 8.50. The fourth-order valence-electron chi connectivity index (χ4n) is 1.25. The Hall–Kier alpha value is -0.350. The fourth-order valence-corrected chi connectivity index (χ4v) is 1.88. The van der Waals surface area contributed by atoms with Crippen molar-refractivity contribution in [1.82, 2.24) is 0 Å². The predicted molar refractivity (Wildman–Crippen MR) is 59.6 cm³/mol. The molecule has 0 aromatic heterocycles. The van der Waals surface area contributed by atoms with Crippen LogP contribution >= 0.6 is 0 Å². The van der Waals surface area contributed by atoms with Crippen LogP contribution in [-0.2, 0) is 10.1 Å². The molecular weight excluding hydrogens is 287 g/mol. The minimum atomic E-state index is -4.71. The van der Waals surface area contributed by atoms with Crippen LogP contribution in [0.5, 0.6) is 11.5 Å². The molecule has 0 saturated carbocycles. The largest absolute Gasteiger partial charge is 1.00 e. The molecule has 0 spiro atoms. The maximum Gasteiger partial charge on any atom is 1.00 e. The Kier molecular flexibility index (Phi) is 8.59. The molecule has 0 amide bonds. The standard InChI is InChI=1S/C10H14O7S.Na/c11-4-6-16-8-2-1-3-9(18(13,14)15)10(8)17-7-5-12;/h1-3,11-12H,4-7H2,(H,13,14,15);/q;+1/p-1. The van der Waals surface area contributed by atoms with Crippen LogP contribution in [0.1, 0.15) is 0 Å². The molecule has 7 nitrogen and oxygen atoms in total. The Labute approximate surface area is 133 Å². The van der Waals surface area contributed by atoms with Crippen LogP contribution in [0.15, 0.2) is 23.1 Å². The van der Waals surface area contributed by atoms with E-state index in [0.29, 0.717) is 0 Å². The number of aliphatic hydroxyl groups is 2. The quantitative estimate of drug-likeness (QED) is 0.394. The molecule has 19 heavy (non-hydrogen) atoms. The van der Waals surface area contributed by atoms with Crippen LogP contribution in [0.3, 0.4) is 0 Å². The van der Waals surface area contributed by atoms with Crippen molar-refractivity contribution in [2.24, 2.45) is 0 Å². The minimum Gasteiger partial charge on any atom is -0.744 e. The predicted octanol–water partition coefficient (Wildman–Crippen LogP) is -3.66. The van der Waals surface area contributed by atoms with Gasteiger partial charge >= 0.3 is 29.6 Å². The van der Waals surface area contributed by atoms with Gasteiger partial charge in [0.15, 0.2) is 11.5 Å². The van der Waals surface area contributed by atoms with Crippen molar-refractivity contribution in [3.63, 3.8) is 0 Å². The van der Waals surface area contributed by atoms with Crippen LogP contribution in [-0.4, -0.2) is 49.6 Å². The summed E-state index contributed by atoms with van der Waals surface area (Å²) in [4.78, 5) is -0.564. The molecule has 0 aliphatic heterocycles. The van der Waals surface area contributed by atoms with Gasteiger partial charge in [-0.25, -0.2) is 8.42 Å². The second-order valence-corrected chi connectivity index (χ2v) is 4.53. The molecule has 9 heteroatoms. The smallest absolute Gasteiger partial charge is 0.744 e. The van der Waals surface area contributed by atoms with Gasteiger partial charge in [-0.05, 0) is 12.1 Å². The number of hydrogen-bond donors (Lipinski definition) is 2. The van der Waals surface area contributed by atoms with Gasteiger partial charge in [0.25, 0.3) is 0 Å². The van der Waals surface area contributed by atoms with E-state index < -0.39 is 15.0 Å². The number of benzene rings is 1. The van der Waals surface area contributed by atoms with Gasteiger partial charge in [0.1, 0.15) is 28.2 Å². The summed E-state index contributed by atoms with van der Waals surface area (Å²) >= 11 is 0. The van der Waals surface area contributed by atoms with Crippen LogP contribution in [0, 0.1) is 0 Å². The van der Waals surface area contributed by atoms with Gasteiger partial charge in [-0.3, -0.25) is 0 Å². The number of hydrogen-bond acceptors (Lipinski definition) is 7. The molecular formula is C10H13NaO7S. The third-order valence-electron chi connectivity index (χ3n) is 1.90. The van der Waals surface area contributed by atoms with Gasteiger partial charge in [0, 0.05) is 0 Å². The summed E-state index contributed by atoms with van der Waals surface area (Å²) in [6.07, 6.45) is 0. The molecule has 1 aromatic rings. The van der Waals surface area contributed by atoms with Gasteiger partial charge in [-0.2, -0.15) is 0 Å². The van der Waals surface area contributed by atoms with Gasteiger partial charge in [0.05, 0.1) is 13.2 Å². The zero-order chi connectivity index (χ0) is 13.6. The van der Waals surface area contributed by atoms with Crippen molar-refractivity contribution in [3.8, 4) is 11.5 Å². The van der Waals surface area contributed by atoms with Gasteiger partial charge in [-0.15, -0.1) is 0 Å². The molecule has 0 unspecified atom stereocenters. The zero-order valence-electron chi connectivity index (χ0n) is 10.4. The fraction of sp³-hybridized carbons (Fsp3) is 0.400. The van der Waals surface area contributed by atoms with E-state index in [9.17, 15) is 13.0 Å². The third-order valence-corrected chi connectivity index (χ3v) is 2.76. The van der Waals surface area contributed by atoms with Gasteiger partial charge < -0.3 is 24.2 Å². The van der Waals surface area contributed by atoms with E-state index in [1.54, 1.807) is 0 Å². The number of rotatable bonds is 7. The summed E-state index contributed by atoms with van der Waals surface area (Å²) in [5, 5.41) is 17.3. The van der Waals surface area contributed by atoms with E-state index in [0.717, 1.165) is 6.07 Å². The molecule has 0 radical (unpaired) electrons. The molecule has 0 bridgehead atoms. The van der Waals surface area contributed by atoms with Gasteiger partial charge in [-0.1, -0.05) is 6.07 Å². The monoisotopic (exact) mass is 300 g/mol. The first-order valence-corrected chi connectivity index (χ1v) is 6.47. The number of para-hydroxylation sites is 1.